The molecule has 4 aromatic rings. The maximum absolute atomic E-state index is 14.2. The van der Waals surface area contributed by atoms with Crippen LogP contribution in [0.4, 0.5) is 18.9 Å². The Hall–Kier alpha value is -4.79. The van der Waals surface area contributed by atoms with E-state index in [1.807, 2.05) is 24.3 Å². The van der Waals surface area contributed by atoms with E-state index in [0.29, 0.717) is 28.8 Å². The highest BCUT2D eigenvalue weighted by molar-refractivity contribution is 5.95. The molecule has 2 heterocycles. The van der Waals surface area contributed by atoms with E-state index in [1.54, 1.807) is 17.0 Å². The number of halogens is 3. The number of aromatic nitrogens is 1. The van der Waals surface area contributed by atoms with Gasteiger partial charge in [0.25, 0.3) is 5.91 Å². The van der Waals surface area contributed by atoms with Crippen molar-refractivity contribution in [3.05, 3.63) is 119 Å². The molecule has 9 heteroatoms. The van der Waals surface area contributed by atoms with Gasteiger partial charge in [-0.1, -0.05) is 30.3 Å². The van der Waals surface area contributed by atoms with Crippen molar-refractivity contribution in [3.63, 3.8) is 0 Å². The third kappa shape index (κ3) is 6.35. The number of carbonyl (C=O) groups excluding carboxylic acids is 3. The lowest BCUT2D eigenvalue weighted by Gasteiger charge is -2.30. The van der Waals surface area contributed by atoms with Crippen LogP contribution in [-0.2, 0) is 22.4 Å². The first-order chi connectivity index (χ1) is 19.7. The average Bonchev–Trinajstić information content (AvgIpc) is 2.92. The van der Waals surface area contributed by atoms with E-state index in [4.69, 9.17) is 5.73 Å². The minimum atomic E-state index is -0.937. The summed E-state index contributed by atoms with van der Waals surface area (Å²) in [5.41, 5.74) is 8.43. The Labute approximate surface area is 234 Å². The molecule has 0 bridgehead atoms. The van der Waals surface area contributed by atoms with Gasteiger partial charge in [-0.2, -0.15) is 0 Å². The molecule has 5 rings (SSSR count). The number of hydrogen-bond donors (Lipinski definition) is 1. The lowest BCUT2D eigenvalue weighted by molar-refractivity contribution is -0.118. The van der Waals surface area contributed by atoms with Crippen LogP contribution in [0.15, 0.2) is 79.0 Å². The number of nitrogens with zero attached hydrogens (tertiary/aromatic N) is 2. The second-order valence-corrected chi connectivity index (χ2v) is 10.1. The van der Waals surface area contributed by atoms with E-state index in [2.05, 4.69) is 4.98 Å². The van der Waals surface area contributed by atoms with Crippen molar-refractivity contribution in [2.24, 2.45) is 5.73 Å². The molecule has 0 fully saturated rings. The summed E-state index contributed by atoms with van der Waals surface area (Å²) >= 11 is 0. The molecule has 208 valence electrons. The van der Waals surface area contributed by atoms with Gasteiger partial charge in [0.15, 0.2) is 11.6 Å². The van der Waals surface area contributed by atoms with Crippen molar-refractivity contribution in [2.45, 2.75) is 25.2 Å². The monoisotopic (exact) mass is 557 g/mol. The van der Waals surface area contributed by atoms with Crippen LogP contribution in [0.5, 0.6) is 0 Å². The standard InChI is InChI=1S/C32H26F3N3O3/c33-23-11-19(12-24(34)16-23)10-22(14-26(40)18-38-17-25(39)13-21-4-1-2-6-30(21)38)31-27(5-3-9-37-31)20-7-8-29(35)28(15-20)32(36)41/h1-9,11-12,15-16,22H,10,13-14,17-18H2,(H2,36,41)/t22-/m1/s1. The zero-order valence-corrected chi connectivity index (χ0v) is 21.9. The number of fused-ring (bicyclic) bond motifs is 1. The lowest BCUT2D eigenvalue weighted by atomic mass is 9.86. The number of primary amides is 1. The van der Waals surface area contributed by atoms with Crippen molar-refractivity contribution >= 4 is 23.2 Å². The Kier molecular flexibility index (Phi) is 7.96. The zero-order valence-electron chi connectivity index (χ0n) is 21.9. The number of benzene rings is 3. The molecule has 0 aliphatic carbocycles. The second-order valence-electron chi connectivity index (χ2n) is 10.1. The molecule has 1 amide bonds. The highest BCUT2D eigenvalue weighted by Crippen LogP contribution is 2.34. The predicted octanol–water partition coefficient (Wildman–Crippen LogP) is 5.18. The normalized spacial score (nSPS) is 13.5. The predicted molar refractivity (Wildman–Crippen MR) is 148 cm³/mol. The number of para-hydroxylation sites is 1. The maximum atomic E-state index is 14.2. The van der Waals surface area contributed by atoms with Crippen molar-refractivity contribution in [3.8, 4) is 11.1 Å². The molecule has 3 aromatic carbocycles. The van der Waals surface area contributed by atoms with Crippen molar-refractivity contribution in [2.75, 3.05) is 18.0 Å². The largest absolute Gasteiger partial charge is 0.366 e. The van der Waals surface area contributed by atoms with Gasteiger partial charge in [0.05, 0.1) is 24.3 Å². The molecule has 1 aromatic heterocycles. The smallest absolute Gasteiger partial charge is 0.251 e. The van der Waals surface area contributed by atoms with E-state index >= 15 is 0 Å². The molecular formula is C32H26F3N3O3. The minimum Gasteiger partial charge on any atom is -0.366 e. The van der Waals surface area contributed by atoms with Gasteiger partial charge in [-0.05, 0) is 59.5 Å². The van der Waals surface area contributed by atoms with Gasteiger partial charge >= 0.3 is 0 Å². The van der Waals surface area contributed by atoms with Crippen LogP contribution < -0.4 is 10.6 Å². The average molecular weight is 558 g/mol. The SMILES string of the molecule is NC(=O)c1cc(-c2cccnc2[C@@H](CC(=O)CN2CC(=O)Cc3ccccc32)Cc2cc(F)cc(F)c2)ccc1F. The second kappa shape index (κ2) is 11.8. The Morgan fingerprint density at radius 2 is 1.71 bits per heavy atom. The Morgan fingerprint density at radius 1 is 0.951 bits per heavy atom. The molecular weight excluding hydrogens is 531 g/mol. The van der Waals surface area contributed by atoms with Gasteiger partial charge in [0.2, 0.25) is 0 Å². The van der Waals surface area contributed by atoms with Crippen molar-refractivity contribution in [1.82, 2.24) is 4.98 Å². The van der Waals surface area contributed by atoms with Crippen LogP contribution in [0.3, 0.4) is 0 Å². The number of pyridine rings is 1. The first kappa shape index (κ1) is 27.8. The number of hydrogen-bond acceptors (Lipinski definition) is 5. The number of rotatable bonds is 9. The molecule has 0 spiro atoms. The van der Waals surface area contributed by atoms with Crippen LogP contribution in [0.25, 0.3) is 11.1 Å². The summed E-state index contributed by atoms with van der Waals surface area (Å²) in [6.07, 6.45) is 1.85. The first-order valence-corrected chi connectivity index (χ1v) is 13.0. The number of carbonyl (C=O) groups is 3. The summed E-state index contributed by atoms with van der Waals surface area (Å²) in [5.74, 6) is -4.06. The molecule has 0 saturated heterocycles. The Bertz CT molecular complexity index is 1640. The molecule has 1 aliphatic rings. The van der Waals surface area contributed by atoms with Crippen LogP contribution >= 0.6 is 0 Å². The maximum Gasteiger partial charge on any atom is 0.251 e. The van der Waals surface area contributed by atoms with Crippen LogP contribution in [0.2, 0.25) is 0 Å². The van der Waals surface area contributed by atoms with E-state index in [0.717, 1.165) is 23.4 Å². The molecule has 0 saturated carbocycles. The van der Waals surface area contributed by atoms with Gasteiger partial charge in [-0.25, -0.2) is 13.2 Å². The number of Topliss-reactive ketones (excluding diaryl/α,β-unsaturated/α-hetero) is 2. The molecule has 41 heavy (non-hydrogen) atoms. The third-order valence-corrected chi connectivity index (χ3v) is 7.10. The van der Waals surface area contributed by atoms with E-state index in [-0.39, 0.29) is 43.1 Å². The summed E-state index contributed by atoms with van der Waals surface area (Å²) in [6.45, 7) is 0.0597. The van der Waals surface area contributed by atoms with Crippen molar-refractivity contribution in [1.29, 1.82) is 0 Å². The number of anilines is 1. The molecule has 0 unspecified atom stereocenters. The zero-order chi connectivity index (χ0) is 29.1. The lowest BCUT2D eigenvalue weighted by Crippen LogP contribution is -2.39. The van der Waals surface area contributed by atoms with Gasteiger partial charge in [-0.15, -0.1) is 0 Å². The highest BCUT2D eigenvalue weighted by Gasteiger charge is 2.27. The summed E-state index contributed by atoms with van der Waals surface area (Å²) in [6, 6.07) is 17.9. The molecule has 0 radical (unpaired) electrons. The van der Waals surface area contributed by atoms with Crippen LogP contribution in [0.1, 0.15) is 39.5 Å². The quantitative estimate of drug-likeness (QED) is 0.306. The fourth-order valence-electron chi connectivity index (χ4n) is 5.38. The van der Waals surface area contributed by atoms with E-state index in [9.17, 15) is 27.6 Å². The first-order valence-electron chi connectivity index (χ1n) is 13.0. The molecule has 6 nitrogen and oxygen atoms in total. The summed E-state index contributed by atoms with van der Waals surface area (Å²) < 4.78 is 42.4. The van der Waals surface area contributed by atoms with Crippen LogP contribution in [-0.4, -0.2) is 35.5 Å². The van der Waals surface area contributed by atoms with Gasteiger partial charge in [-0.3, -0.25) is 19.4 Å². The Balaban J connectivity index is 1.51. The van der Waals surface area contributed by atoms with Gasteiger partial charge in [0, 0.05) is 42.3 Å². The fraction of sp³-hybridized carbons (Fsp3) is 0.188. The third-order valence-electron chi connectivity index (χ3n) is 7.10. The molecule has 1 atom stereocenters. The highest BCUT2D eigenvalue weighted by atomic mass is 19.1. The number of amides is 1. The van der Waals surface area contributed by atoms with Gasteiger partial charge < -0.3 is 10.6 Å². The number of nitrogens with two attached hydrogens (primary N) is 1. The van der Waals surface area contributed by atoms with Crippen molar-refractivity contribution < 1.29 is 27.6 Å². The summed E-state index contributed by atoms with van der Waals surface area (Å²) in [7, 11) is 0. The molecule has 2 N–H and O–H groups in total. The summed E-state index contributed by atoms with van der Waals surface area (Å²) in [5, 5.41) is 0. The summed E-state index contributed by atoms with van der Waals surface area (Å²) in [4.78, 5) is 44.0. The van der Waals surface area contributed by atoms with Gasteiger partial charge in [0.1, 0.15) is 17.5 Å². The minimum absolute atomic E-state index is 0.00290. The Morgan fingerprint density at radius 3 is 2.46 bits per heavy atom. The van der Waals surface area contributed by atoms with E-state index < -0.39 is 29.3 Å². The van der Waals surface area contributed by atoms with E-state index in [1.165, 1.54) is 30.5 Å². The molecule has 1 aliphatic heterocycles. The van der Waals surface area contributed by atoms with Crippen LogP contribution in [0, 0.1) is 17.5 Å². The topological polar surface area (TPSA) is 93.4 Å². The fourth-order valence-corrected chi connectivity index (χ4v) is 5.38. The number of ketones is 2.